The molecule has 2 aromatic heterocycles. The van der Waals surface area contributed by atoms with Crippen molar-refractivity contribution in [3.8, 4) is 23.3 Å². The van der Waals surface area contributed by atoms with Crippen molar-refractivity contribution in [2.75, 3.05) is 25.5 Å². The van der Waals surface area contributed by atoms with E-state index in [1.54, 1.807) is 35.2 Å². The maximum absolute atomic E-state index is 13.9. The fraction of sp³-hybridized carbons (Fsp3) is 0.300. The Morgan fingerprint density at radius 3 is 2.59 bits per heavy atom. The molecule has 2 aliphatic rings. The van der Waals surface area contributed by atoms with Gasteiger partial charge in [-0.15, -0.1) is 0 Å². The van der Waals surface area contributed by atoms with E-state index in [1.807, 2.05) is 37.3 Å². The minimum Gasteiger partial charge on any atom is -0.457 e. The summed E-state index contributed by atoms with van der Waals surface area (Å²) in [5.41, 5.74) is 7.03. The number of nitrogens with two attached hydrogens (primary N) is 1. The molecule has 0 radical (unpaired) electrons. The Bertz CT molecular complexity index is 1730. The zero-order valence-electron chi connectivity index (χ0n) is 22.6. The fourth-order valence-corrected chi connectivity index (χ4v) is 5.45. The summed E-state index contributed by atoms with van der Waals surface area (Å²) in [7, 11) is 0. The van der Waals surface area contributed by atoms with E-state index >= 15 is 0 Å². The number of amides is 1. The number of benzene rings is 2. The highest BCUT2D eigenvalue weighted by molar-refractivity contribution is 5.97. The molecular weight excluding hydrogens is 522 g/mol. The molecule has 208 valence electrons. The van der Waals surface area contributed by atoms with E-state index in [4.69, 9.17) is 15.2 Å². The first-order chi connectivity index (χ1) is 19.9. The standard InChI is InChI=1S/C30H29N7O4/c1-30(17-40-18-30)14-20(15-31)28(38)35-13-5-6-22(35)16-36-27-25(26(32)33-19-34-27)37(29(36)39)21-9-11-24(12-10-21)41-23-7-3-2-4-8-23/h2-4,7-12,14,19,22H,5-6,13,16-18H2,1H3,(H2,32,33,34)/b20-14+/t22-/m0/s1. The number of nitrogen functional groups attached to an aromatic ring is 1. The lowest BCUT2D eigenvalue weighted by Gasteiger charge is -2.35. The molecule has 2 N–H and O–H groups in total. The molecule has 4 heterocycles. The maximum atomic E-state index is 13.9. The highest BCUT2D eigenvalue weighted by atomic mass is 16.5. The predicted octanol–water partition coefficient (Wildman–Crippen LogP) is 3.43. The third-order valence-electron chi connectivity index (χ3n) is 7.55. The smallest absolute Gasteiger partial charge is 0.335 e. The van der Waals surface area contributed by atoms with Crippen LogP contribution in [0.15, 0.2) is 77.4 Å². The molecule has 2 fully saturated rings. The molecule has 2 aliphatic heterocycles. The molecule has 0 saturated carbocycles. The number of para-hydroxylation sites is 1. The van der Waals surface area contributed by atoms with Crippen molar-refractivity contribution in [2.24, 2.45) is 5.41 Å². The number of fused-ring (bicyclic) bond motifs is 1. The maximum Gasteiger partial charge on any atom is 0.335 e. The van der Waals surface area contributed by atoms with Crippen molar-refractivity contribution in [1.29, 1.82) is 5.26 Å². The number of anilines is 1. The summed E-state index contributed by atoms with van der Waals surface area (Å²) in [4.78, 5) is 37.5. The van der Waals surface area contributed by atoms with Gasteiger partial charge in [0, 0.05) is 18.5 Å². The second-order valence-corrected chi connectivity index (χ2v) is 10.7. The summed E-state index contributed by atoms with van der Waals surface area (Å²) in [6.07, 6.45) is 4.49. The van der Waals surface area contributed by atoms with Crippen molar-refractivity contribution >= 4 is 22.9 Å². The topological polar surface area (TPSA) is 141 Å². The lowest BCUT2D eigenvalue weighted by molar-refractivity contribution is -0.128. The number of hydrogen-bond acceptors (Lipinski definition) is 8. The molecule has 11 heteroatoms. The Kier molecular flexibility index (Phi) is 6.77. The molecule has 1 atom stereocenters. The lowest BCUT2D eigenvalue weighted by Crippen LogP contribution is -2.42. The summed E-state index contributed by atoms with van der Waals surface area (Å²) in [5.74, 6) is 1.15. The van der Waals surface area contributed by atoms with Crippen LogP contribution in [0.4, 0.5) is 5.82 Å². The third kappa shape index (κ3) is 4.94. The Morgan fingerprint density at radius 2 is 1.90 bits per heavy atom. The summed E-state index contributed by atoms with van der Waals surface area (Å²) >= 11 is 0. The predicted molar refractivity (Wildman–Crippen MR) is 151 cm³/mol. The van der Waals surface area contributed by atoms with Gasteiger partial charge < -0.3 is 20.1 Å². The van der Waals surface area contributed by atoms with E-state index in [2.05, 4.69) is 16.0 Å². The van der Waals surface area contributed by atoms with Gasteiger partial charge in [-0.3, -0.25) is 13.9 Å². The van der Waals surface area contributed by atoms with Crippen LogP contribution in [-0.4, -0.2) is 55.7 Å². The molecule has 0 bridgehead atoms. The molecule has 2 aromatic carbocycles. The number of ether oxygens (including phenoxy) is 2. The normalized spacial score (nSPS) is 18.2. The second kappa shape index (κ2) is 10.6. The molecule has 0 aliphatic carbocycles. The van der Waals surface area contributed by atoms with Crippen molar-refractivity contribution in [3.05, 3.63) is 83.1 Å². The molecule has 2 saturated heterocycles. The molecule has 1 amide bonds. The van der Waals surface area contributed by atoms with Gasteiger partial charge in [0.2, 0.25) is 0 Å². The van der Waals surface area contributed by atoms with Gasteiger partial charge in [-0.2, -0.15) is 5.26 Å². The van der Waals surface area contributed by atoms with Crippen molar-refractivity contribution in [2.45, 2.75) is 32.4 Å². The minimum absolute atomic E-state index is 0.0989. The van der Waals surface area contributed by atoms with Crippen LogP contribution in [0.1, 0.15) is 19.8 Å². The Labute approximate surface area is 236 Å². The number of imidazole rings is 1. The number of hydrogen-bond donors (Lipinski definition) is 1. The Balaban J connectivity index is 1.32. The van der Waals surface area contributed by atoms with Crippen molar-refractivity contribution in [3.63, 3.8) is 0 Å². The van der Waals surface area contributed by atoms with E-state index in [-0.39, 0.29) is 41.0 Å². The zero-order chi connectivity index (χ0) is 28.6. The van der Waals surface area contributed by atoms with E-state index in [9.17, 15) is 14.9 Å². The van der Waals surface area contributed by atoms with E-state index in [0.717, 1.165) is 6.42 Å². The summed E-state index contributed by atoms with van der Waals surface area (Å²) in [6, 6.07) is 18.3. The molecule has 6 rings (SSSR count). The molecule has 0 unspecified atom stereocenters. The van der Waals surface area contributed by atoms with E-state index in [0.29, 0.717) is 54.5 Å². The van der Waals surface area contributed by atoms with Gasteiger partial charge in [0.15, 0.2) is 11.5 Å². The highest BCUT2D eigenvalue weighted by Crippen LogP contribution is 2.31. The second-order valence-electron chi connectivity index (χ2n) is 10.7. The van der Waals surface area contributed by atoms with Crippen LogP contribution in [0, 0.1) is 16.7 Å². The number of aromatic nitrogens is 4. The van der Waals surface area contributed by atoms with Gasteiger partial charge >= 0.3 is 5.69 Å². The molecular formula is C30H29N7O4. The number of likely N-dealkylation sites (tertiary alicyclic amines) is 1. The van der Waals surface area contributed by atoms with Crippen LogP contribution in [0.5, 0.6) is 11.5 Å². The van der Waals surface area contributed by atoms with Crippen molar-refractivity contribution in [1.82, 2.24) is 24.0 Å². The lowest BCUT2D eigenvalue weighted by atomic mass is 9.86. The van der Waals surface area contributed by atoms with Gasteiger partial charge in [0.1, 0.15) is 35.0 Å². The number of carbonyl (C=O) groups excluding carboxylic acids is 1. The first-order valence-corrected chi connectivity index (χ1v) is 13.4. The average Bonchev–Trinajstić information content (AvgIpc) is 3.55. The average molecular weight is 552 g/mol. The Morgan fingerprint density at radius 1 is 1.17 bits per heavy atom. The van der Waals surface area contributed by atoms with Gasteiger partial charge in [-0.05, 0) is 49.2 Å². The van der Waals surface area contributed by atoms with Crippen LogP contribution < -0.4 is 16.2 Å². The molecule has 11 nitrogen and oxygen atoms in total. The number of carbonyl (C=O) groups is 1. The molecule has 0 spiro atoms. The van der Waals surface area contributed by atoms with Gasteiger partial charge in [0.25, 0.3) is 5.91 Å². The number of nitrogens with zero attached hydrogens (tertiary/aromatic N) is 6. The van der Waals surface area contributed by atoms with Crippen molar-refractivity contribution < 1.29 is 14.3 Å². The SMILES string of the molecule is CC1(/C=C(\C#N)C(=O)N2CCC[C@H]2Cn2c(=O)n(-c3ccc(Oc4ccccc4)cc3)c3c(N)ncnc32)COC1. The number of nitriles is 1. The van der Waals surface area contributed by atoms with Crippen LogP contribution in [0.25, 0.3) is 16.9 Å². The summed E-state index contributed by atoms with van der Waals surface area (Å²) in [6.45, 7) is 3.62. The molecule has 4 aromatic rings. The third-order valence-corrected chi connectivity index (χ3v) is 7.55. The van der Waals surface area contributed by atoms with Crippen LogP contribution in [0.3, 0.4) is 0 Å². The minimum atomic E-state index is -0.349. The highest BCUT2D eigenvalue weighted by Gasteiger charge is 2.36. The van der Waals surface area contributed by atoms with Gasteiger partial charge in [0.05, 0.1) is 24.9 Å². The number of rotatable bonds is 7. The monoisotopic (exact) mass is 551 g/mol. The molecule has 41 heavy (non-hydrogen) atoms. The van der Waals surface area contributed by atoms with Crippen LogP contribution in [0.2, 0.25) is 0 Å². The van der Waals surface area contributed by atoms with Crippen LogP contribution >= 0.6 is 0 Å². The first kappa shape index (κ1) is 26.3. The van der Waals surface area contributed by atoms with E-state index in [1.165, 1.54) is 15.5 Å². The largest absolute Gasteiger partial charge is 0.457 e. The zero-order valence-corrected chi connectivity index (χ0v) is 22.6. The van der Waals surface area contributed by atoms with Gasteiger partial charge in [-0.1, -0.05) is 31.2 Å². The van der Waals surface area contributed by atoms with E-state index < -0.39 is 0 Å². The quantitative estimate of drug-likeness (QED) is 0.272. The van der Waals surface area contributed by atoms with Gasteiger partial charge in [-0.25, -0.2) is 14.8 Å². The first-order valence-electron chi connectivity index (χ1n) is 13.4. The van der Waals surface area contributed by atoms with Crippen LogP contribution in [-0.2, 0) is 16.1 Å². The summed E-state index contributed by atoms with van der Waals surface area (Å²) < 4.78 is 14.2. The summed E-state index contributed by atoms with van der Waals surface area (Å²) in [5, 5.41) is 9.76. The Hall–Kier alpha value is -4.95. The fourth-order valence-electron chi connectivity index (χ4n) is 5.45.